The van der Waals surface area contributed by atoms with E-state index in [1.807, 2.05) is 30.3 Å². The Hall–Kier alpha value is -2.35. The van der Waals surface area contributed by atoms with E-state index in [-0.39, 0.29) is 23.6 Å². The number of esters is 1. The van der Waals surface area contributed by atoms with E-state index in [1.54, 1.807) is 20.8 Å². The number of hydrogen-bond acceptors (Lipinski definition) is 6. The van der Waals surface area contributed by atoms with Crippen LogP contribution in [-0.2, 0) is 30.3 Å². The van der Waals surface area contributed by atoms with E-state index in [0.717, 1.165) is 5.56 Å². The van der Waals surface area contributed by atoms with Crippen LogP contribution in [0, 0.1) is 5.92 Å². The SMILES string of the molecule is CC(C)(C)OC(=O)C1C(C=O)CS[C@@H]2C(NC(=O)Cc3ccccc3)C(=O)N12. The number of rotatable bonds is 5. The number of fused-ring (bicyclic) bond motifs is 1. The Balaban J connectivity index is 1.68. The number of β-lactam (4-membered cyclic amide) rings is 1. The van der Waals surface area contributed by atoms with Crippen molar-refractivity contribution < 1.29 is 23.9 Å². The summed E-state index contributed by atoms with van der Waals surface area (Å²) in [6.45, 7) is 5.21. The number of nitrogens with zero attached hydrogens (tertiary/aromatic N) is 1. The summed E-state index contributed by atoms with van der Waals surface area (Å²) in [5.74, 6) is -1.43. The van der Waals surface area contributed by atoms with Gasteiger partial charge in [-0.15, -0.1) is 11.8 Å². The summed E-state index contributed by atoms with van der Waals surface area (Å²) in [5, 5.41) is 2.39. The lowest BCUT2D eigenvalue weighted by Crippen LogP contribution is -2.76. The Morgan fingerprint density at radius 2 is 1.96 bits per heavy atom. The van der Waals surface area contributed by atoms with Crippen molar-refractivity contribution in [3.05, 3.63) is 35.9 Å². The Morgan fingerprint density at radius 3 is 2.57 bits per heavy atom. The predicted octanol–water partition coefficient (Wildman–Crippen LogP) is 1.15. The summed E-state index contributed by atoms with van der Waals surface area (Å²) in [6.07, 6.45) is 0.876. The summed E-state index contributed by atoms with van der Waals surface area (Å²) in [6, 6.07) is 7.61. The fourth-order valence-corrected chi connectivity index (χ4v) is 4.82. The van der Waals surface area contributed by atoms with Crippen LogP contribution in [0.4, 0.5) is 0 Å². The number of nitrogens with one attached hydrogen (secondary N) is 1. The first kappa shape index (κ1) is 20.4. The first-order chi connectivity index (χ1) is 13.2. The number of thioether (sulfide) groups is 1. The second-order valence-corrected chi connectivity index (χ2v) is 9.10. The fraction of sp³-hybridized carbons (Fsp3) is 0.500. The molecule has 3 rings (SSSR count). The molecule has 2 heterocycles. The number of carbonyl (C=O) groups is 4. The first-order valence-corrected chi connectivity index (χ1v) is 10.2. The lowest BCUT2D eigenvalue weighted by Gasteiger charge is -2.53. The molecule has 28 heavy (non-hydrogen) atoms. The molecule has 0 radical (unpaired) electrons. The van der Waals surface area contributed by atoms with Gasteiger partial charge in [0, 0.05) is 5.75 Å². The van der Waals surface area contributed by atoms with Gasteiger partial charge in [-0.2, -0.15) is 0 Å². The normalized spacial score (nSPS) is 26.7. The minimum absolute atomic E-state index is 0.175. The second-order valence-electron chi connectivity index (χ2n) is 7.96. The van der Waals surface area contributed by atoms with E-state index in [2.05, 4.69) is 5.32 Å². The van der Waals surface area contributed by atoms with Gasteiger partial charge >= 0.3 is 5.97 Å². The molecule has 0 aromatic heterocycles. The molecule has 8 heteroatoms. The van der Waals surface area contributed by atoms with Gasteiger partial charge in [-0.25, -0.2) is 4.79 Å². The lowest BCUT2D eigenvalue weighted by atomic mass is 9.94. The molecule has 7 nitrogen and oxygen atoms in total. The fourth-order valence-electron chi connectivity index (χ4n) is 3.37. The van der Waals surface area contributed by atoms with Gasteiger partial charge in [-0.3, -0.25) is 9.59 Å². The highest BCUT2D eigenvalue weighted by atomic mass is 32.2. The quantitative estimate of drug-likeness (QED) is 0.450. The van der Waals surface area contributed by atoms with E-state index in [9.17, 15) is 19.2 Å². The van der Waals surface area contributed by atoms with Crippen molar-refractivity contribution in [2.45, 2.75) is 50.3 Å². The zero-order chi connectivity index (χ0) is 20.5. The molecule has 4 atom stereocenters. The number of amides is 2. The number of benzene rings is 1. The van der Waals surface area contributed by atoms with Crippen LogP contribution in [0.5, 0.6) is 0 Å². The molecule has 1 N–H and O–H groups in total. The molecule has 0 saturated carbocycles. The third-order valence-electron chi connectivity index (χ3n) is 4.59. The van der Waals surface area contributed by atoms with Crippen LogP contribution >= 0.6 is 11.8 Å². The Labute approximate surface area is 168 Å². The molecule has 1 aromatic carbocycles. The molecule has 0 aliphatic carbocycles. The zero-order valence-corrected chi connectivity index (χ0v) is 16.9. The van der Waals surface area contributed by atoms with Crippen LogP contribution in [0.15, 0.2) is 30.3 Å². The van der Waals surface area contributed by atoms with E-state index >= 15 is 0 Å². The Bertz CT molecular complexity index is 777. The molecule has 2 fully saturated rings. The summed E-state index contributed by atoms with van der Waals surface area (Å²) in [4.78, 5) is 50.5. The van der Waals surface area contributed by atoms with Crippen LogP contribution in [0.1, 0.15) is 26.3 Å². The Morgan fingerprint density at radius 1 is 1.29 bits per heavy atom. The standard InChI is InChI=1S/C20H24N2O5S/c1-20(2,3)27-19(26)16-13(10-23)11-28-18-15(17(25)22(16)18)21-14(24)9-12-7-5-4-6-8-12/h4-8,10,13,15-16,18H,9,11H2,1-3H3,(H,21,24)/t13?,15?,16?,18-/m1/s1. The van der Waals surface area contributed by atoms with Crippen molar-refractivity contribution in [2.75, 3.05) is 5.75 Å². The highest BCUT2D eigenvalue weighted by Crippen LogP contribution is 2.40. The molecule has 3 unspecified atom stereocenters. The molecular weight excluding hydrogens is 380 g/mol. The highest BCUT2D eigenvalue weighted by Gasteiger charge is 2.58. The van der Waals surface area contributed by atoms with Gasteiger partial charge < -0.3 is 19.7 Å². The topological polar surface area (TPSA) is 92.8 Å². The molecule has 2 saturated heterocycles. The molecule has 2 aliphatic heterocycles. The van der Waals surface area contributed by atoms with Crippen molar-refractivity contribution in [3.8, 4) is 0 Å². The van der Waals surface area contributed by atoms with Crippen LogP contribution < -0.4 is 5.32 Å². The van der Waals surface area contributed by atoms with Gasteiger partial charge in [0.1, 0.15) is 29.3 Å². The summed E-state index contributed by atoms with van der Waals surface area (Å²) in [7, 11) is 0. The summed E-state index contributed by atoms with van der Waals surface area (Å²) >= 11 is 1.40. The molecule has 150 valence electrons. The number of aldehydes is 1. The number of hydrogen-bond donors (Lipinski definition) is 1. The number of ether oxygens (including phenoxy) is 1. The third kappa shape index (κ3) is 4.22. The monoisotopic (exact) mass is 404 g/mol. The van der Waals surface area contributed by atoms with E-state index in [1.165, 1.54) is 16.7 Å². The lowest BCUT2D eigenvalue weighted by molar-refractivity contribution is -0.175. The van der Waals surface area contributed by atoms with Crippen molar-refractivity contribution >= 4 is 35.8 Å². The predicted molar refractivity (Wildman–Crippen MR) is 104 cm³/mol. The molecular formula is C20H24N2O5S. The maximum absolute atomic E-state index is 12.7. The van der Waals surface area contributed by atoms with Crippen molar-refractivity contribution in [1.29, 1.82) is 0 Å². The number of carbonyl (C=O) groups excluding carboxylic acids is 4. The molecule has 1 aromatic rings. The zero-order valence-electron chi connectivity index (χ0n) is 16.1. The average Bonchev–Trinajstić information content (AvgIpc) is 2.64. The molecule has 2 aliphatic rings. The maximum Gasteiger partial charge on any atom is 0.330 e. The first-order valence-electron chi connectivity index (χ1n) is 9.16. The average molecular weight is 404 g/mol. The van der Waals surface area contributed by atoms with E-state index in [4.69, 9.17) is 4.74 Å². The van der Waals surface area contributed by atoms with Gasteiger partial charge in [-0.05, 0) is 26.3 Å². The maximum atomic E-state index is 12.7. The summed E-state index contributed by atoms with van der Waals surface area (Å²) < 4.78 is 5.42. The van der Waals surface area contributed by atoms with Crippen LogP contribution in [-0.4, -0.2) is 57.8 Å². The minimum Gasteiger partial charge on any atom is -0.458 e. The van der Waals surface area contributed by atoms with E-state index < -0.39 is 29.6 Å². The van der Waals surface area contributed by atoms with Crippen molar-refractivity contribution in [3.63, 3.8) is 0 Å². The van der Waals surface area contributed by atoms with Crippen molar-refractivity contribution in [2.24, 2.45) is 5.92 Å². The van der Waals surface area contributed by atoms with Crippen LogP contribution in [0.3, 0.4) is 0 Å². The minimum atomic E-state index is -0.947. The smallest absolute Gasteiger partial charge is 0.330 e. The summed E-state index contributed by atoms with van der Waals surface area (Å²) in [5.41, 5.74) is 0.134. The van der Waals surface area contributed by atoms with Gasteiger partial charge in [0.25, 0.3) is 0 Å². The third-order valence-corrected chi connectivity index (χ3v) is 6.01. The highest BCUT2D eigenvalue weighted by molar-refractivity contribution is 8.00. The largest absolute Gasteiger partial charge is 0.458 e. The van der Waals surface area contributed by atoms with Gasteiger partial charge in [0.15, 0.2) is 0 Å². The van der Waals surface area contributed by atoms with Crippen molar-refractivity contribution in [1.82, 2.24) is 10.2 Å². The Kier molecular flexibility index (Phi) is 5.79. The van der Waals surface area contributed by atoms with Crippen LogP contribution in [0.2, 0.25) is 0 Å². The second kappa shape index (κ2) is 7.95. The van der Waals surface area contributed by atoms with Gasteiger partial charge in [0.05, 0.1) is 12.3 Å². The van der Waals surface area contributed by atoms with Crippen LogP contribution in [0.25, 0.3) is 0 Å². The van der Waals surface area contributed by atoms with Gasteiger partial charge in [-0.1, -0.05) is 30.3 Å². The molecule has 0 spiro atoms. The molecule has 0 bridgehead atoms. The molecule has 2 amide bonds. The van der Waals surface area contributed by atoms with E-state index in [0.29, 0.717) is 12.0 Å². The van der Waals surface area contributed by atoms with Gasteiger partial charge in [0.2, 0.25) is 11.8 Å².